The molecule has 0 aliphatic heterocycles. The van der Waals surface area contributed by atoms with Gasteiger partial charge in [-0.15, -0.1) is 10.2 Å². The molecule has 19 heavy (non-hydrogen) atoms. The number of nitrogens with zero attached hydrogens (tertiary/aromatic N) is 5. The molecule has 2 heterocycles. The van der Waals surface area contributed by atoms with E-state index in [1.807, 2.05) is 29.7 Å². The number of anilines is 1. The van der Waals surface area contributed by atoms with Crippen LogP contribution in [0.4, 0.5) is 5.69 Å². The first-order valence-electron chi connectivity index (χ1n) is 6.28. The number of aromatic nitrogens is 5. The molecule has 1 aromatic carbocycles. The van der Waals surface area contributed by atoms with Crippen molar-refractivity contribution < 1.29 is 0 Å². The monoisotopic (exact) mass is 256 g/mol. The minimum absolute atomic E-state index is 0.667. The molecule has 6 nitrogen and oxygen atoms in total. The molecule has 0 unspecified atom stereocenters. The molecule has 98 valence electrons. The van der Waals surface area contributed by atoms with Crippen LogP contribution in [0.1, 0.15) is 18.6 Å². The fourth-order valence-electron chi connectivity index (χ4n) is 2.27. The second-order valence-electron chi connectivity index (χ2n) is 4.53. The third kappa shape index (κ3) is 1.95. The summed E-state index contributed by atoms with van der Waals surface area (Å²) in [5.41, 5.74) is 8.50. The molecule has 3 rings (SSSR count). The number of benzene rings is 1. The zero-order valence-electron chi connectivity index (χ0n) is 11.0. The van der Waals surface area contributed by atoms with Crippen molar-refractivity contribution in [1.82, 2.24) is 24.3 Å². The fraction of sp³-hybridized carbons (Fsp3) is 0.308. The molecule has 0 saturated heterocycles. The number of rotatable bonds is 3. The van der Waals surface area contributed by atoms with Gasteiger partial charge in [-0.1, -0.05) is 0 Å². The van der Waals surface area contributed by atoms with Crippen molar-refractivity contribution >= 4 is 16.7 Å². The summed E-state index contributed by atoms with van der Waals surface area (Å²) in [5, 5.41) is 8.12. The largest absolute Gasteiger partial charge is 0.399 e. The van der Waals surface area contributed by atoms with E-state index in [1.54, 1.807) is 6.33 Å². The third-order valence-electron chi connectivity index (χ3n) is 3.30. The van der Waals surface area contributed by atoms with Gasteiger partial charge >= 0.3 is 0 Å². The maximum Gasteiger partial charge on any atom is 0.152 e. The molecule has 2 aromatic heterocycles. The first-order valence-corrected chi connectivity index (χ1v) is 6.28. The lowest BCUT2D eigenvalue weighted by Crippen LogP contribution is -2.08. The van der Waals surface area contributed by atoms with Gasteiger partial charge in [-0.3, -0.25) is 0 Å². The summed E-state index contributed by atoms with van der Waals surface area (Å²) >= 11 is 0. The van der Waals surface area contributed by atoms with Crippen LogP contribution in [0.25, 0.3) is 11.0 Å². The average Bonchev–Trinajstić information content (AvgIpc) is 2.95. The highest BCUT2D eigenvalue weighted by molar-refractivity contribution is 5.79. The molecular formula is C13H16N6. The minimum Gasteiger partial charge on any atom is -0.399 e. The molecule has 0 aliphatic rings. The molecule has 0 amide bonds. The van der Waals surface area contributed by atoms with Crippen LogP contribution in [0.2, 0.25) is 0 Å². The van der Waals surface area contributed by atoms with Crippen LogP contribution in [0, 0.1) is 6.92 Å². The number of nitrogen functional groups attached to an aromatic ring is 1. The molecule has 3 aromatic rings. The van der Waals surface area contributed by atoms with Gasteiger partial charge < -0.3 is 14.9 Å². The van der Waals surface area contributed by atoms with Gasteiger partial charge in [0.2, 0.25) is 0 Å². The zero-order valence-corrected chi connectivity index (χ0v) is 11.0. The smallest absolute Gasteiger partial charge is 0.152 e. The van der Waals surface area contributed by atoms with Crippen LogP contribution in [-0.2, 0) is 13.1 Å². The third-order valence-corrected chi connectivity index (χ3v) is 3.30. The number of imidazole rings is 1. The van der Waals surface area contributed by atoms with Crippen molar-refractivity contribution in [1.29, 1.82) is 0 Å². The van der Waals surface area contributed by atoms with Gasteiger partial charge in [-0.2, -0.15) is 0 Å². The summed E-state index contributed by atoms with van der Waals surface area (Å²) < 4.78 is 4.16. The Morgan fingerprint density at radius 1 is 1.32 bits per heavy atom. The van der Waals surface area contributed by atoms with E-state index in [0.29, 0.717) is 6.54 Å². The Morgan fingerprint density at radius 2 is 2.16 bits per heavy atom. The number of hydrogen-bond acceptors (Lipinski definition) is 4. The van der Waals surface area contributed by atoms with Gasteiger partial charge in [0.25, 0.3) is 0 Å². The number of nitrogens with two attached hydrogens (primary N) is 1. The van der Waals surface area contributed by atoms with E-state index in [9.17, 15) is 0 Å². The summed E-state index contributed by atoms with van der Waals surface area (Å²) in [7, 11) is 0. The highest BCUT2D eigenvalue weighted by atomic mass is 15.3. The molecule has 2 N–H and O–H groups in total. The van der Waals surface area contributed by atoms with E-state index in [1.165, 1.54) is 0 Å². The molecule has 0 bridgehead atoms. The summed E-state index contributed by atoms with van der Waals surface area (Å²) in [5.74, 6) is 1.88. The Kier molecular flexibility index (Phi) is 2.70. The van der Waals surface area contributed by atoms with Crippen LogP contribution in [0.15, 0.2) is 24.5 Å². The molecule has 0 radical (unpaired) electrons. The Bertz CT molecular complexity index is 724. The lowest BCUT2D eigenvalue weighted by Gasteiger charge is -2.07. The quantitative estimate of drug-likeness (QED) is 0.722. The Balaban J connectivity index is 2.08. The van der Waals surface area contributed by atoms with Crippen LogP contribution in [0.3, 0.4) is 0 Å². The summed E-state index contributed by atoms with van der Waals surface area (Å²) in [6, 6.07) is 5.78. The Hall–Kier alpha value is -2.37. The van der Waals surface area contributed by atoms with Crippen LogP contribution < -0.4 is 5.73 Å². The summed E-state index contributed by atoms with van der Waals surface area (Å²) in [4.78, 5) is 4.54. The van der Waals surface area contributed by atoms with Crippen molar-refractivity contribution in [3.05, 3.63) is 36.2 Å². The number of hydrogen-bond donors (Lipinski definition) is 1. The van der Waals surface area contributed by atoms with E-state index >= 15 is 0 Å². The maximum atomic E-state index is 5.79. The molecule has 0 fully saturated rings. The van der Waals surface area contributed by atoms with Gasteiger partial charge in [0.1, 0.15) is 12.2 Å². The minimum atomic E-state index is 0.667. The standard InChI is InChI=1S/C13H16N6/c1-3-18-8-15-17-13(18)7-19-9(2)16-11-6-10(14)4-5-12(11)19/h4-6,8H,3,7,14H2,1-2H3. The topological polar surface area (TPSA) is 74.5 Å². The van der Waals surface area contributed by atoms with Crippen LogP contribution in [-0.4, -0.2) is 24.3 Å². The first-order chi connectivity index (χ1) is 9.19. The highest BCUT2D eigenvalue weighted by Gasteiger charge is 2.11. The second kappa shape index (κ2) is 4.38. The average molecular weight is 256 g/mol. The van der Waals surface area contributed by atoms with E-state index in [0.717, 1.165) is 34.9 Å². The van der Waals surface area contributed by atoms with Crippen molar-refractivity contribution in [3.8, 4) is 0 Å². The molecule has 0 aliphatic carbocycles. The molecule has 0 spiro atoms. The molecule has 0 saturated carbocycles. The van der Waals surface area contributed by atoms with Crippen LogP contribution in [0.5, 0.6) is 0 Å². The predicted molar refractivity (Wildman–Crippen MR) is 73.7 cm³/mol. The van der Waals surface area contributed by atoms with Gasteiger partial charge in [-0.25, -0.2) is 4.98 Å². The van der Waals surface area contributed by atoms with Gasteiger partial charge in [0.05, 0.1) is 17.6 Å². The van der Waals surface area contributed by atoms with Crippen LogP contribution >= 0.6 is 0 Å². The Morgan fingerprint density at radius 3 is 2.95 bits per heavy atom. The summed E-state index contributed by atoms with van der Waals surface area (Å²) in [6.45, 7) is 5.59. The van der Waals surface area contributed by atoms with Crippen molar-refractivity contribution in [3.63, 3.8) is 0 Å². The molecule has 6 heteroatoms. The van der Waals surface area contributed by atoms with Gasteiger partial charge in [0, 0.05) is 12.2 Å². The van der Waals surface area contributed by atoms with Crippen molar-refractivity contribution in [2.45, 2.75) is 26.9 Å². The number of fused-ring (bicyclic) bond motifs is 1. The molecule has 0 atom stereocenters. The first kappa shape index (κ1) is 11.7. The highest BCUT2D eigenvalue weighted by Crippen LogP contribution is 2.19. The number of aryl methyl sites for hydroxylation is 2. The fourth-order valence-corrected chi connectivity index (χ4v) is 2.27. The Labute approximate surface area is 110 Å². The van der Waals surface area contributed by atoms with E-state index in [2.05, 4.69) is 26.7 Å². The predicted octanol–water partition coefficient (Wildman–Crippen LogP) is 1.59. The summed E-state index contributed by atoms with van der Waals surface area (Å²) in [6.07, 6.45) is 1.75. The molecular weight excluding hydrogens is 240 g/mol. The van der Waals surface area contributed by atoms with E-state index in [4.69, 9.17) is 5.73 Å². The van der Waals surface area contributed by atoms with E-state index in [-0.39, 0.29) is 0 Å². The normalized spacial score (nSPS) is 11.3. The van der Waals surface area contributed by atoms with Gasteiger partial charge in [-0.05, 0) is 32.0 Å². The zero-order chi connectivity index (χ0) is 13.4. The second-order valence-corrected chi connectivity index (χ2v) is 4.53. The SMILES string of the molecule is CCn1cnnc1Cn1c(C)nc2cc(N)ccc21. The van der Waals surface area contributed by atoms with Crippen molar-refractivity contribution in [2.75, 3.05) is 5.73 Å². The lowest BCUT2D eigenvalue weighted by atomic mass is 10.3. The maximum absolute atomic E-state index is 5.79. The van der Waals surface area contributed by atoms with Gasteiger partial charge in [0.15, 0.2) is 5.82 Å². The van der Waals surface area contributed by atoms with Crippen molar-refractivity contribution in [2.24, 2.45) is 0 Å². The lowest BCUT2D eigenvalue weighted by molar-refractivity contribution is 0.650. The van der Waals surface area contributed by atoms with E-state index < -0.39 is 0 Å².